The van der Waals surface area contributed by atoms with Crippen LogP contribution in [0.2, 0.25) is 0 Å². The molecule has 150 valence electrons. The van der Waals surface area contributed by atoms with E-state index in [-0.39, 0.29) is 13.2 Å². The summed E-state index contributed by atoms with van der Waals surface area (Å²) in [5.41, 5.74) is 0. The molecule has 0 spiro atoms. The molecule has 1 aliphatic heterocycles. The molecule has 1 rings (SSSR count). The van der Waals surface area contributed by atoms with Gasteiger partial charge < -0.3 is 35.7 Å². The van der Waals surface area contributed by atoms with Gasteiger partial charge in [-0.3, -0.25) is 4.90 Å². The van der Waals surface area contributed by atoms with Crippen LogP contribution in [0.25, 0.3) is 0 Å². The van der Waals surface area contributed by atoms with E-state index in [2.05, 4.69) is 0 Å². The van der Waals surface area contributed by atoms with Crippen molar-refractivity contribution in [1.82, 2.24) is 4.90 Å². The van der Waals surface area contributed by atoms with Gasteiger partial charge in [-0.15, -0.1) is 0 Å². The molecule has 8 heteroatoms. The Labute approximate surface area is 149 Å². The van der Waals surface area contributed by atoms with Gasteiger partial charge in [-0.1, -0.05) is 32.1 Å². The Morgan fingerprint density at radius 3 is 1.96 bits per heavy atom. The van der Waals surface area contributed by atoms with E-state index in [0.717, 1.165) is 44.9 Å². The van der Waals surface area contributed by atoms with Gasteiger partial charge in [0.25, 0.3) is 0 Å². The first kappa shape index (κ1) is 22.7. The largest absolute Gasteiger partial charge is 0.396 e. The summed E-state index contributed by atoms with van der Waals surface area (Å²) in [7, 11) is 0. The lowest BCUT2D eigenvalue weighted by Crippen LogP contribution is -2.54. The second-order valence-electron chi connectivity index (χ2n) is 6.97. The summed E-state index contributed by atoms with van der Waals surface area (Å²) in [6.45, 7) is 0.301. The maximum atomic E-state index is 10.2. The molecule has 1 aliphatic rings. The number of likely N-dealkylation sites (tertiary alicyclic amines) is 1. The number of aliphatic hydroxyl groups is 7. The van der Waals surface area contributed by atoms with Crippen LogP contribution in [-0.4, -0.2) is 104 Å². The maximum Gasteiger partial charge on any atom is 0.110 e. The molecule has 1 unspecified atom stereocenters. The molecule has 0 bridgehead atoms. The molecule has 7 N–H and O–H groups in total. The Hall–Kier alpha value is -0.320. The van der Waals surface area contributed by atoms with E-state index in [1.54, 1.807) is 4.90 Å². The summed E-state index contributed by atoms with van der Waals surface area (Å²) in [6.07, 6.45) is 0.137. The van der Waals surface area contributed by atoms with Crippen LogP contribution in [-0.2, 0) is 0 Å². The van der Waals surface area contributed by atoms with Gasteiger partial charge in [0.05, 0.1) is 24.9 Å². The van der Waals surface area contributed by atoms with Crippen LogP contribution in [0.5, 0.6) is 0 Å². The average Bonchev–Trinajstić information content (AvgIpc) is 2.89. The van der Waals surface area contributed by atoms with E-state index in [0.29, 0.717) is 6.54 Å². The van der Waals surface area contributed by atoms with Gasteiger partial charge in [0.15, 0.2) is 0 Å². The van der Waals surface area contributed by atoms with Crippen LogP contribution < -0.4 is 0 Å². The molecular formula is C17H35NO7. The Balaban J connectivity index is 2.40. The molecule has 0 aromatic carbocycles. The van der Waals surface area contributed by atoms with Crippen molar-refractivity contribution in [3.8, 4) is 0 Å². The zero-order valence-electron chi connectivity index (χ0n) is 14.8. The van der Waals surface area contributed by atoms with Crippen molar-refractivity contribution in [3.63, 3.8) is 0 Å². The van der Waals surface area contributed by atoms with Gasteiger partial charge in [-0.05, 0) is 19.4 Å². The van der Waals surface area contributed by atoms with E-state index in [4.69, 9.17) is 10.2 Å². The highest BCUT2D eigenvalue weighted by Gasteiger charge is 2.46. The SMILES string of the molecule is OCCCCCCCCCN1C[C@H](O)[C@H](O)C1[C@@H](O)[C@@H](O)[C@H](O)CO. The van der Waals surface area contributed by atoms with E-state index in [1.165, 1.54) is 0 Å². The summed E-state index contributed by atoms with van der Waals surface area (Å²) in [4.78, 5) is 1.74. The van der Waals surface area contributed by atoms with Crippen molar-refractivity contribution < 1.29 is 35.7 Å². The lowest BCUT2D eigenvalue weighted by Gasteiger charge is -2.33. The van der Waals surface area contributed by atoms with Crippen molar-refractivity contribution in [2.75, 3.05) is 26.3 Å². The molecule has 0 radical (unpaired) electrons. The molecule has 0 aliphatic carbocycles. The van der Waals surface area contributed by atoms with Crippen LogP contribution in [0.4, 0.5) is 0 Å². The number of unbranched alkanes of at least 4 members (excludes halogenated alkanes) is 6. The highest BCUT2D eigenvalue weighted by atomic mass is 16.4. The van der Waals surface area contributed by atoms with Crippen molar-refractivity contribution in [1.29, 1.82) is 0 Å². The monoisotopic (exact) mass is 365 g/mol. The van der Waals surface area contributed by atoms with E-state index >= 15 is 0 Å². The number of aliphatic hydroxyl groups excluding tert-OH is 7. The summed E-state index contributed by atoms with van der Waals surface area (Å²) < 4.78 is 0. The zero-order valence-corrected chi connectivity index (χ0v) is 14.8. The van der Waals surface area contributed by atoms with Gasteiger partial charge in [0.1, 0.15) is 18.3 Å². The highest BCUT2D eigenvalue weighted by Crippen LogP contribution is 2.25. The fraction of sp³-hybridized carbons (Fsp3) is 1.00. The van der Waals surface area contributed by atoms with Crippen LogP contribution in [0, 0.1) is 0 Å². The third kappa shape index (κ3) is 7.07. The van der Waals surface area contributed by atoms with Crippen molar-refractivity contribution in [2.24, 2.45) is 0 Å². The fourth-order valence-electron chi connectivity index (χ4n) is 3.42. The smallest absolute Gasteiger partial charge is 0.110 e. The highest BCUT2D eigenvalue weighted by molar-refractivity contribution is 5.00. The van der Waals surface area contributed by atoms with E-state index in [1.807, 2.05) is 0 Å². The summed E-state index contributed by atoms with van der Waals surface area (Å²) >= 11 is 0. The number of hydrogen-bond donors (Lipinski definition) is 7. The van der Waals surface area contributed by atoms with Crippen LogP contribution in [0.1, 0.15) is 44.9 Å². The summed E-state index contributed by atoms with van der Waals surface area (Å²) in [6, 6.07) is -0.879. The van der Waals surface area contributed by atoms with E-state index in [9.17, 15) is 25.5 Å². The Morgan fingerprint density at radius 1 is 0.840 bits per heavy atom. The number of β-amino-alcohol motifs (C(OH)–C–C–N with tert-alkyl or cyclic N) is 1. The van der Waals surface area contributed by atoms with Crippen molar-refractivity contribution in [3.05, 3.63) is 0 Å². The van der Waals surface area contributed by atoms with Crippen molar-refractivity contribution >= 4 is 0 Å². The minimum Gasteiger partial charge on any atom is -0.396 e. The Morgan fingerprint density at radius 2 is 1.40 bits per heavy atom. The van der Waals surface area contributed by atoms with Gasteiger partial charge in [-0.2, -0.15) is 0 Å². The lowest BCUT2D eigenvalue weighted by molar-refractivity contribution is -0.114. The number of hydrogen-bond acceptors (Lipinski definition) is 8. The van der Waals surface area contributed by atoms with Crippen molar-refractivity contribution in [2.45, 2.75) is 81.5 Å². The molecular weight excluding hydrogens is 330 g/mol. The molecule has 0 aromatic rings. The van der Waals surface area contributed by atoms with Crippen LogP contribution in [0.3, 0.4) is 0 Å². The first-order valence-electron chi connectivity index (χ1n) is 9.30. The number of rotatable bonds is 13. The predicted molar refractivity (Wildman–Crippen MR) is 91.9 cm³/mol. The molecule has 25 heavy (non-hydrogen) atoms. The predicted octanol–water partition coefficient (Wildman–Crippen LogP) is -1.81. The minimum absolute atomic E-state index is 0.196. The molecule has 1 heterocycles. The maximum absolute atomic E-state index is 10.2. The molecule has 1 saturated heterocycles. The minimum atomic E-state index is -1.59. The van der Waals surface area contributed by atoms with Gasteiger partial charge >= 0.3 is 0 Å². The van der Waals surface area contributed by atoms with Crippen LogP contribution >= 0.6 is 0 Å². The van der Waals surface area contributed by atoms with Gasteiger partial charge in [0, 0.05) is 13.2 Å². The first-order valence-corrected chi connectivity index (χ1v) is 9.30. The summed E-state index contributed by atoms with van der Waals surface area (Å²) in [5.74, 6) is 0. The standard InChI is InChI=1S/C17H35NO7/c19-9-7-5-3-1-2-4-6-8-18-10-12(21)15(23)14(18)17(25)16(24)13(22)11-20/h12-17,19-25H,1-11H2/t12-,13+,14?,15-,16-,17+/m0/s1. The molecule has 0 saturated carbocycles. The molecule has 0 aromatic heterocycles. The Kier molecular flexibility index (Phi) is 11.0. The molecule has 0 amide bonds. The lowest BCUT2D eigenvalue weighted by atomic mass is 9.96. The quantitative estimate of drug-likeness (QED) is 0.189. The topological polar surface area (TPSA) is 145 Å². The third-order valence-electron chi connectivity index (χ3n) is 4.97. The molecule has 6 atom stereocenters. The zero-order chi connectivity index (χ0) is 18.8. The first-order chi connectivity index (χ1) is 11.9. The molecule has 1 fully saturated rings. The normalized spacial score (nSPS) is 28.2. The average molecular weight is 365 g/mol. The summed E-state index contributed by atoms with van der Waals surface area (Å²) in [5, 5.41) is 67.2. The van der Waals surface area contributed by atoms with Gasteiger partial charge in [-0.25, -0.2) is 0 Å². The van der Waals surface area contributed by atoms with Gasteiger partial charge in [0.2, 0.25) is 0 Å². The third-order valence-corrected chi connectivity index (χ3v) is 4.97. The van der Waals surface area contributed by atoms with Crippen LogP contribution in [0.15, 0.2) is 0 Å². The number of nitrogens with zero attached hydrogens (tertiary/aromatic N) is 1. The van der Waals surface area contributed by atoms with E-state index < -0.39 is 43.2 Å². The second-order valence-corrected chi connectivity index (χ2v) is 6.97. The molecule has 8 nitrogen and oxygen atoms in total. The Bertz CT molecular complexity index is 347. The second kappa shape index (κ2) is 12.1. The fourth-order valence-corrected chi connectivity index (χ4v) is 3.42.